The summed E-state index contributed by atoms with van der Waals surface area (Å²) >= 11 is 0. The van der Waals surface area contributed by atoms with Gasteiger partial charge in [-0.05, 0) is 61.9 Å². The van der Waals surface area contributed by atoms with Crippen LogP contribution in [0.25, 0.3) is 0 Å². The maximum absolute atomic E-state index is 12.9. The number of methoxy groups -OCH3 is 2. The number of hydrogen-bond acceptors (Lipinski definition) is 6. The zero-order valence-electron chi connectivity index (χ0n) is 20.0. The summed E-state index contributed by atoms with van der Waals surface area (Å²) in [6.07, 6.45) is 0. The minimum absolute atomic E-state index is 0.221. The van der Waals surface area contributed by atoms with Crippen molar-refractivity contribution in [3.8, 4) is 11.5 Å². The lowest BCUT2D eigenvalue weighted by molar-refractivity contribution is -0.117. The average Bonchev–Trinajstić information content (AvgIpc) is 2.84. The number of nitrogens with two attached hydrogens (primary N) is 1. The van der Waals surface area contributed by atoms with Gasteiger partial charge in [-0.3, -0.25) is 9.59 Å². The predicted octanol–water partition coefficient (Wildman–Crippen LogP) is 4.87. The maximum Gasteiger partial charge on any atom is 0.323 e. The molecule has 1 atom stereocenters. The third-order valence-electron chi connectivity index (χ3n) is 5.39. The predicted molar refractivity (Wildman–Crippen MR) is 137 cm³/mol. The van der Waals surface area contributed by atoms with Gasteiger partial charge in [0.05, 0.1) is 25.8 Å². The summed E-state index contributed by atoms with van der Waals surface area (Å²) in [5.74, 6) is -0.260. The van der Waals surface area contributed by atoms with E-state index >= 15 is 0 Å². The third kappa shape index (κ3) is 6.29. The van der Waals surface area contributed by atoms with Gasteiger partial charge in [-0.2, -0.15) is 0 Å². The number of carbonyl (C=O) groups excluding carboxylic acids is 3. The second-order valence-electron chi connectivity index (χ2n) is 7.84. The lowest BCUT2D eigenvalue weighted by Gasteiger charge is -2.17. The Labute approximate surface area is 203 Å². The second-order valence-corrected chi connectivity index (χ2v) is 7.84. The fourth-order valence-electron chi connectivity index (χ4n) is 3.38. The van der Waals surface area contributed by atoms with Crippen LogP contribution in [-0.4, -0.2) is 31.9 Å². The first-order valence-corrected chi connectivity index (χ1v) is 10.8. The highest BCUT2D eigenvalue weighted by atomic mass is 16.5. The Morgan fingerprint density at radius 2 is 1.31 bits per heavy atom. The molecule has 0 bridgehead atoms. The van der Waals surface area contributed by atoms with Crippen molar-refractivity contribution in [2.24, 2.45) is 0 Å². The van der Waals surface area contributed by atoms with Crippen LogP contribution in [0.2, 0.25) is 0 Å². The molecule has 0 saturated carbocycles. The minimum Gasteiger partial charge on any atom is -0.493 e. The lowest BCUT2D eigenvalue weighted by atomic mass is 9.99. The van der Waals surface area contributed by atoms with E-state index in [0.717, 1.165) is 5.56 Å². The van der Waals surface area contributed by atoms with E-state index < -0.39 is 11.9 Å². The molecule has 0 aliphatic rings. The Balaban J connectivity index is 1.68. The summed E-state index contributed by atoms with van der Waals surface area (Å²) in [5.41, 5.74) is 8.81. The van der Waals surface area contributed by atoms with Crippen LogP contribution in [0.15, 0.2) is 60.7 Å². The number of benzene rings is 3. The summed E-state index contributed by atoms with van der Waals surface area (Å²) in [4.78, 5) is 37.3. The number of anilines is 4. The van der Waals surface area contributed by atoms with Crippen molar-refractivity contribution in [3.63, 3.8) is 0 Å². The van der Waals surface area contributed by atoms with Gasteiger partial charge in [0.2, 0.25) is 5.91 Å². The molecule has 3 aromatic rings. The zero-order chi connectivity index (χ0) is 25.5. The number of ether oxygens (including phenoxy) is 2. The molecule has 0 aliphatic heterocycles. The number of hydrogen-bond donors (Lipinski definition) is 4. The van der Waals surface area contributed by atoms with Gasteiger partial charge in [-0.25, -0.2) is 4.79 Å². The van der Waals surface area contributed by atoms with E-state index in [0.29, 0.717) is 39.8 Å². The Morgan fingerprint density at radius 3 is 1.83 bits per heavy atom. The minimum atomic E-state index is -0.527. The molecule has 3 aromatic carbocycles. The highest BCUT2D eigenvalue weighted by molar-refractivity contribution is 6.06. The molecule has 182 valence electrons. The Kier molecular flexibility index (Phi) is 7.93. The Bertz CT molecular complexity index is 1220. The van der Waals surface area contributed by atoms with Crippen LogP contribution in [0.4, 0.5) is 27.5 Å². The van der Waals surface area contributed by atoms with Crippen molar-refractivity contribution < 1.29 is 23.9 Å². The number of amides is 3. The molecule has 9 nitrogen and oxygen atoms in total. The van der Waals surface area contributed by atoms with E-state index in [4.69, 9.17) is 15.2 Å². The molecule has 0 spiro atoms. The average molecular weight is 477 g/mol. The van der Waals surface area contributed by atoms with Crippen molar-refractivity contribution in [1.82, 2.24) is 0 Å². The van der Waals surface area contributed by atoms with E-state index in [1.807, 2.05) is 0 Å². The summed E-state index contributed by atoms with van der Waals surface area (Å²) in [7, 11) is 2.95. The monoisotopic (exact) mass is 476 g/mol. The standard InChI is InChI=1S/C26H28N4O5/c1-15(25(32)30-22-14-24(35-4)23(34-3)13-21(22)16(2)31)17-5-9-19(10-6-17)28-26(33)29-20-11-7-18(27)8-12-20/h5-15H,27H2,1-4H3,(H,30,32)(H2,28,29,33). The zero-order valence-corrected chi connectivity index (χ0v) is 20.0. The van der Waals surface area contributed by atoms with Crippen molar-refractivity contribution in [1.29, 1.82) is 0 Å². The highest BCUT2D eigenvalue weighted by Gasteiger charge is 2.20. The van der Waals surface area contributed by atoms with Crippen LogP contribution in [0.3, 0.4) is 0 Å². The molecule has 0 aromatic heterocycles. The molecule has 0 aliphatic carbocycles. The van der Waals surface area contributed by atoms with Crippen LogP contribution in [0.5, 0.6) is 11.5 Å². The number of rotatable bonds is 8. The molecule has 0 saturated heterocycles. The fraction of sp³-hybridized carbons (Fsp3) is 0.192. The Hall–Kier alpha value is -4.53. The van der Waals surface area contributed by atoms with Gasteiger partial charge in [-0.1, -0.05) is 12.1 Å². The maximum atomic E-state index is 12.9. The summed E-state index contributed by atoms with van der Waals surface area (Å²) < 4.78 is 10.5. The summed E-state index contributed by atoms with van der Waals surface area (Å²) in [6, 6.07) is 16.4. The molecule has 3 amide bonds. The van der Waals surface area contributed by atoms with Gasteiger partial charge >= 0.3 is 6.03 Å². The van der Waals surface area contributed by atoms with E-state index in [1.54, 1.807) is 61.5 Å². The van der Waals surface area contributed by atoms with E-state index in [-0.39, 0.29) is 11.7 Å². The topological polar surface area (TPSA) is 132 Å². The Morgan fingerprint density at radius 1 is 0.800 bits per heavy atom. The van der Waals surface area contributed by atoms with Gasteiger partial charge in [0, 0.05) is 28.7 Å². The van der Waals surface area contributed by atoms with Gasteiger partial charge in [0.1, 0.15) is 0 Å². The van der Waals surface area contributed by atoms with Crippen LogP contribution in [0, 0.1) is 0 Å². The summed E-state index contributed by atoms with van der Waals surface area (Å²) in [5, 5.41) is 8.26. The number of nitrogen functional groups attached to an aromatic ring is 1. The number of urea groups is 1. The van der Waals surface area contributed by atoms with Crippen molar-refractivity contribution in [2.45, 2.75) is 19.8 Å². The van der Waals surface area contributed by atoms with Crippen molar-refractivity contribution >= 4 is 40.5 Å². The number of nitrogens with one attached hydrogen (secondary N) is 3. The smallest absolute Gasteiger partial charge is 0.323 e. The first kappa shape index (κ1) is 25.1. The molecule has 0 radical (unpaired) electrons. The first-order valence-electron chi connectivity index (χ1n) is 10.8. The largest absolute Gasteiger partial charge is 0.493 e. The van der Waals surface area contributed by atoms with Gasteiger partial charge in [0.25, 0.3) is 0 Å². The van der Waals surface area contributed by atoms with Gasteiger partial charge in [0.15, 0.2) is 17.3 Å². The van der Waals surface area contributed by atoms with Crippen LogP contribution >= 0.6 is 0 Å². The van der Waals surface area contributed by atoms with Crippen LogP contribution < -0.4 is 31.2 Å². The number of ketones is 1. The van der Waals surface area contributed by atoms with E-state index in [9.17, 15) is 14.4 Å². The number of Topliss-reactive ketones (excluding diaryl/α,β-unsaturated/α-hetero) is 1. The molecule has 0 heterocycles. The van der Waals surface area contributed by atoms with Crippen molar-refractivity contribution in [2.75, 3.05) is 35.9 Å². The fourth-order valence-corrected chi connectivity index (χ4v) is 3.38. The molecule has 0 fully saturated rings. The van der Waals surface area contributed by atoms with Crippen LogP contribution in [0.1, 0.15) is 35.7 Å². The molecule has 5 N–H and O–H groups in total. The summed E-state index contributed by atoms with van der Waals surface area (Å²) in [6.45, 7) is 3.16. The normalized spacial score (nSPS) is 11.2. The molecule has 9 heteroatoms. The van der Waals surface area contributed by atoms with Crippen molar-refractivity contribution in [3.05, 3.63) is 71.8 Å². The molecular formula is C26H28N4O5. The molecule has 35 heavy (non-hydrogen) atoms. The van der Waals surface area contributed by atoms with E-state index in [2.05, 4.69) is 16.0 Å². The molecule has 1 unspecified atom stereocenters. The third-order valence-corrected chi connectivity index (χ3v) is 5.39. The first-order chi connectivity index (χ1) is 16.7. The molecule has 3 rings (SSSR count). The van der Waals surface area contributed by atoms with Gasteiger partial charge in [-0.15, -0.1) is 0 Å². The number of carbonyl (C=O) groups is 3. The lowest BCUT2D eigenvalue weighted by Crippen LogP contribution is -2.21. The van der Waals surface area contributed by atoms with E-state index in [1.165, 1.54) is 27.2 Å². The quantitative estimate of drug-likeness (QED) is 0.271. The molecular weight excluding hydrogens is 448 g/mol. The van der Waals surface area contributed by atoms with Crippen LogP contribution in [-0.2, 0) is 4.79 Å². The SMILES string of the molecule is COc1cc(NC(=O)C(C)c2ccc(NC(=O)Nc3ccc(N)cc3)cc2)c(C(C)=O)cc1OC. The highest BCUT2D eigenvalue weighted by Crippen LogP contribution is 2.34. The van der Waals surface area contributed by atoms with Gasteiger partial charge < -0.3 is 31.2 Å². The second kappa shape index (κ2) is 11.1.